The maximum atomic E-state index is 12.7. The second-order valence-corrected chi connectivity index (χ2v) is 8.70. The average molecular weight is 413 g/mol. The van der Waals surface area contributed by atoms with Gasteiger partial charge in [0, 0.05) is 31.2 Å². The predicted octanol–water partition coefficient (Wildman–Crippen LogP) is 3.07. The molecule has 1 aliphatic heterocycles. The van der Waals surface area contributed by atoms with E-state index in [1.807, 2.05) is 18.2 Å². The topological polar surface area (TPSA) is 57.7 Å². The Hall–Kier alpha value is -1.60. The van der Waals surface area contributed by atoms with Crippen molar-refractivity contribution in [3.8, 4) is 0 Å². The van der Waals surface area contributed by atoms with Gasteiger partial charge in [-0.2, -0.15) is 4.31 Å². The van der Waals surface area contributed by atoms with Crippen LogP contribution in [0.15, 0.2) is 53.4 Å². The molecule has 0 atom stereocenters. The van der Waals surface area contributed by atoms with Gasteiger partial charge in [-0.05, 0) is 23.8 Å². The van der Waals surface area contributed by atoms with E-state index < -0.39 is 10.0 Å². The Morgan fingerprint density at radius 2 is 1.46 bits per heavy atom. The molecule has 26 heavy (non-hydrogen) atoms. The molecule has 1 saturated heterocycles. The first-order valence-electron chi connectivity index (χ1n) is 8.15. The number of rotatable bonds is 4. The molecular formula is C18H18Cl2N2O3S. The fraction of sp³-hybridized carbons (Fsp3) is 0.278. The largest absolute Gasteiger partial charge is 0.340 e. The SMILES string of the molecule is O=C(Cc1ccccc1Cl)N1CCN(S(=O)(=O)c2ccccc2Cl)CC1. The van der Waals surface area contributed by atoms with Crippen molar-refractivity contribution in [3.63, 3.8) is 0 Å². The molecule has 1 amide bonds. The molecule has 2 aromatic carbocycles. The van der Waals surface area contributed by atoms with Gasteiger partial charge in [0.05, 0.1) is 11.4 Å². The number of halogens is 2. The molecule has 5 nitrogen and oxygen atoms in total. The summed E-state index contributed by atoms with van der Waals surface area (Å²) in [4.78, 5) is 14.2. The van der Waals surface area contributed by atoms with E-state index in [-0.39, 0.29) is 35.3 Å². The van der Waals surface area contributed by atoms with Crippen LogP contribution < -0.4 is 0 Å². The first-order valence-corrected chi connectivity index (χ1v) is 10.3. The zero-order valence-corrected chi connectivity index (χ0v) is 16.3. The van der Waals surface area contributed by atoms with Gasteiger partial charge in [-0.25, -0.2) is 8.42 Å². The molecule has 1 fully saturated rings. The Bertz CT molecular complexity index is 910. The highest BCUT2D eigenvalue weighted by atomic mass is 35.5. The highest BCUT2D eigenvalue weighted by molar-refractivity contribution is 7.89. The van der Waals surface area contributed by atoms with Crippen molar-refractivity contribution in [3.05, 3.63) is 64.1 Å². The molecule has 0 saturated carbocycles. The summed E-state index contributed by atoms with van der Waals surface area (Å²) in [7, 11) is -3.67. The molecule has 0 aromatic heterocycles. The van der Waals surface area contributed by atoms with E-state index in [9.17, 15) is 13.2 Å². The summed E-state index contributed by atoms with van der Waals surface area (Å²) in [6.07, 6.45) is 0.205. The lowest BCUT2D eigenvalue weighted by atomic mass is 10.1. The summed E-state index contributed by atoms with van der Waals surface area (Å²) >= 11 is 12.1. The van der Waals surface area contributed by atoms with Gasteiger partial charge >= 0.3 is 0 Å². The standard InChI is InChI=1S/C18H18Cl2N2O3S/c19-15-6-2-1-5-14(15)13-18(23)21-9-11-22(12-10-21)26(24,25)17-8-4-3-7-16(17)20/h1-8H,9-13H2. The van der Waals surface area contributed by atoms with E-state index in [4.69, 9.17) is 23.2 Å². The molecule has 0 unspecified atom stereocenters. The highest BCUT2D eigenvalue weighted by Crippen LogP contribution is 2.25. The normalized spacial score (nSPS) is 15.8. The van der Waals surface area contributed by atoms with Gasteiger partial charge in [-0.15, -0.1) is 0 Å². The number of carbonyl (C=O) groups is 1. The molecule has 3 rings (SSSR count). The van der Waals surface area contributed by atoms with Crippen molar-refractivity contribution >= 4 is 39.1 Å². The number of hydrogen-bond donors (Lipinski definition) is 0. The van der Waals surface area contributed by atoms with Gasteiger partial charge in [-0.1, -0.05) is 53.5 Å². The van der Waals surface area contributed by atoms with E-state index in [0.717, 1.165) is 5.56 Å². The van der Waals surface area contributed by atoms with Gasteiger partial charge in [0.25, 0.3) is 0 Å². The van der Waals surface area contributed by atoms with Crippen LogP contribution in [0.2, 0.25) is 10.0 Å². The van der Waals surface area contributed by atoms with E-state index in [2.05, 4.69) is 0 Å². The lowest BCUT2D eigenvalue weighted by molar-refractivity contribution is -0.131. The molecule has 0 bridgehead atoms. The summed E-state index contributed by atoms with van der Waals surface area (Å²) in [5.41, 5.74) is 0.769. The van der Waals surface area contributed by atoms with Crippen LogP contribution in [-0.2, 0) is 21.2 Å². The second kappa shape index (κ2) is 7.96. The van der Waals surface area contributed by atoms with Gasteiger partial charge in [0.1, 0.15) is 4.90 Å². The zero-order valence-electron chi connectivity index (χ0n) is 13.9. The van der Waals surface area contributed by atoms with Gasteiger partial charge in [0.2, 0.25) is 15.9 Å². The van der Waals surface area contributed by atoms with Crippen LogP contribution in [0, 0.1) is 0 Å². The minimum atomic E-state index is -3.67. The number of benzene rings is 2. The molecule has 2 aromatic rings. The minimum absolute atomic E-state index is 0.0621. The Morgan fingerprint density at radius 3 is 2.08 bits per heavy atom. The van der Waals surface area contributed by atoms with E-state index in [1.165, 1.54) is 10.4 Å². The van der Waals surface area contributed by atoms with Crippen LogP contribution >= 0.6 is 23.2 Å². The predicted molar refractivity (Wildman–Crippen MR) is 102 cm³/mol. The zero-order chi connectivity index (χ0) is 18.7. The Kier molecular flexibility index (Phi) is 5.87. The summed E-state index contributed by atoms with van der Waals surface area (Å²) in [6.45, 7) is 1.16. The van der Waals surface area contributed by atoms with Crippen molar-refractivity contribution in [2.24, 2.45) is 0 Å². The smallest absolute Gasteiger partial charge is 0.244 e. The molecule has 1 aliphatic rings. The molecule has 0 aliphatic carbocycles. The Labute approximate surface area is 163 Å². The Morgan fingerprint density at radius 1 is 0.885 bits per heavy atom. The first-order chi connectivity index (χ1) is 12.4. The van der Waals surface area contributed by atoms with Crippen molar-refractivity contribution in [2.75, 3.05) is 26.2 Å². The van der Waals surface area contributed by atoms with E-state index in [1.54, 1.807) is 29.2 Å². The molecule has 138 valence electrons. The number of piperazine rings is 1. The van der Waals surface area contributed by atoms with Crippen LogP contribution in [0.1, 0.15) is 5.56 Å². The van der Waals surface area contributed by atoms with Gasteiger partial charge in [0.15, 0.2) is 0 Å². The lowest BCUT2D eigenvalue weighted by Gasteiger charge is -2.34. The molecule has 0 radical (unpaired) electrons. The van der Waals surface area contributed by atoms with Crippen LogP contribution in [0.4, 0.5) is 0 Å². The summed E-state index contributed by atoms with van der Waals surface area (Å²) < 4.78 is 26.9. The quantitative estimate of drug-likeness (QED) is 0.774. The minimum Gasteiger partial charge on any atom is -0.340 e. The fourth-order valence-corrected chi connectivity index (χ4v) is 5.01. The third-order valence-electron chi connectivity index (χ3n) is 4.35. The van der Waals surface area contributed by atoms with Crippen molar-refractivity contribution in [1.82, 2.24) is 9.21 Å². The van der Waals surface area contributed by atoms with E-state index in [0.29, 0.717) is 18.1 Å². The third-order valence-corrected chi connectivity index (χ3v) is 7.11. The van der Waals surface area contributed by atoms with Gasteiger partial charge < -0.3 is 4.90 Å². The summed E-state index contributed by atoms with van der Waals surface area (Å²) in [5.74, 6) is -0.0621. The maximum Gasteiger partial charge on any atom is 0.244 e. The summed E-state index contributed by atoms with van der Waals surface area (Å²) in [6, 6.07) is 13.6. The van der Waals surface area contributed by atoms with Crippen LogP contribution in [-0.4, -0.2) is 49.7 Å². The van der Waals surface area contributed by atoms with Crippen molar-refractivity contribution in [2.45, 2.75) is 11.3 Å². The summed E-state index contributed by atoms with van der Waals surface area (Å²) in [5, 5.41) is 0.755. The van der Waals surface area contributed by atoms with Crippen LogP contribution in [0.25, 0.3) is 0 Å². The van der Waals surface area contributed by atoms with Gasteiger partial charge in [-0.3, -0.25) is 4.79 Å². The number of carbonyl (C=O) groups excluding carboxylic acids is 1. The number of hydrogen-bond acceptors (Lipinski definition) is 3. The molecule has 0 N–H and O–H groups in total. The monoisotopic (exact) mass is 412 g/mol. The number of nitrogens with zero attached hydrogens (tertiary/aromatic N) is 2. The maximum absolute atomic E-state index is 12.7. The average Bonchev–Trinajstić information content (AvgIpc) is 2.64. The molecular weight excluding hydrogens is 395 g/mol. The number of sulfonamides is 1. The molecule has 0 spiro atoms. The van der Waals surface area contributed by atoms with E-state index >= 15 is 0 Å². The molecule has 1 heterocycles. The second-order valence-electron chi connectivity index (χ2n) is 5.98. The lowest BCUT2D eigenvalue weighted by Crippen LogP contribution is -2.50. The fourth-order valence-electron chi connectivity index (χ4n) is 2.89. The molecule has 8 heteroatoms. The number of amides is 1. The van der Waals surface area contributed by atoms with Crippen LogP contribution in [0.5, 0.6) is 0 Å². The Balaban J connectivity index is 1.65. The highest BCUT2D eigenvalue weighted by Gasteiger charge is 2.31. The third kappa shape index (κ3) is 4.04. The van der Waals surface area contributed by atoms with Crippen molar-refractivity contribution in [1.29, 1.82) is 0 Å². The van der Waals surface area contributed by atoms with Crippen molar-refractivity contribution < 1.29 is 13.2 Å². The first kappa shape index (κ1) is 19.2. The van der Waals surface area contributed by atoms with Crippen LogP contribution in [0.3, 0.4) is 0 Å².